The Morgan fingerprint density at radius 2 is 1.81 bits per heavy atom. The fourth-order valence-corrected chi connectivity index (χ4v) is 2.73. The SMILES string of the molecule is CCOC(=O)/C=C(C)/C=C/C=C(C)/C=C/c1c(Cl)cc(OC)c(Cl)c1Cl. The fraction of sp³-hybridized carbons (Fsp3) is 0.250. The molecule has 0 unspecified atom stereocenters. The van der Waals surface area contributed by atoms with Gasteiger partial charge in [0.25, 0.3) is 0 Å². The van der Waals surface area contributed by atoms with E-state index in [1.165, 1.54) is 13.2 Å². The van der Waals surface area contributed by atoms with Gasteiger partial charge in [-0.15, -0.1) is 0 Å². The largest absolute Gasteiger partial charge is 0.495 e. The van der Waals surface area contributed by atoms with E-state index in [-0.39, 0.29) is 5.97 Å². The Labute approximate surface area is 169 Å². The molecular formula is C20H21Cl3O3. The lowest BCUT2D eigenvalue weighted by Crippen LogP contribution is -1.99. The molecule has 26 heavy (non-hydrogen) atoms. The molecule has 1 aromatic carbocycles. The molecule has 0 aromatic heterocycles. The molecule has 0 aliphatic rings. The summed E-state index contributed by atoms with van der Waals surface area (Å²) in [4.78, 5) is 11.3. The first-order valence-corrected chi connectivity index (χ1v) is 9.03. The summed E-state index contributed by atoms with van der Waals surface area (Å²) in [6.07, 6.45) is 10.7. The summed E-state index contributed by atoms with van der Waals surface area (Å²) in [5, 5.41) is 1.10. The van der Waals surface area contributed by atoms with Crippen molar-refractivity contribution >= 4 is 46.8 Å². The van der Waals surface area contributed by atoms with E-state index >= 15 is 0 Å². The molecule has 0 amide bonds. The van der Waals surface area contributed by atoms with Gasteiger partial charge in [0.1, 0.15) is 10.8 Å². The van der Waals surface area contributed by atoms with Crippen molar-refractivity contribution in [1.82, 2.24) is 0 Å². The van der Waals surface area contributed by atoms with Gasteiger partial charge in [-0.25, -0.2) is 4.79 Å². The zero-order chi connectivity index (χ0) is 19.7. The van der Waals surface area contributed by atoms with Crippen LogP contribution in [0.1, 0.15) is 26.3 Å². The second kappa shape index (κ2) is 11.1. The minimum absolute atomic E-state index is 0.319. The van der Waals surface area contributed by atoms with Crippen LogP contribution in [0.3, 0.4) is 0 Å². The van der Waals surface area contributed by atoms with Crippen LogP contribution in [0.2, 0.25) is 15.1 Å². The van der Waals surface area contributed by atoms with Gasteiger partial charge >= 0.3 is 5.97 Å². The highest BCUT2D eigenvalue weighted by molar-refractivity contribution is 6.45. The average Bonchev–Trinajstić information content (AvgIpc) is 2.58. The summed E-state index contributed by atoms with van der Waals surface area (Å²) >= 11 is 18.6. The van der Waals surface area contributed by atoms with Crippen LogP contribution >= 0.6 is 34.8 Å². The van der Waals surface area contributed by atoms with Crippen LogP contribution in [0.15, 0.2) is 47.6 Å². The number of benzene rings is 1. The van der Waals surface area contributed by atoms with Crippen LogP contribution in [0.5, 0.6) is 5.75 Å². The molecule has 3 nitrogen and oxygen atoms in total. The summed E-state index contributed by atoms with van der Waals surface area (Å²) < 4.78 is 9.98. The molecule has 0 aliphatic carbocycles. The van der Waals surface area contributed by atoms with Crippen molar-refractivity contribution < 1.29 is 14.3 Å². The highest BCUT2D eigenvalue weighted by Crippen LogP contribution is 2.39. The molecule has 0 radical (unpaired) electrons. The Balaban J connectivity index is 2.89. The van der Waals surface area contributed by atoms with E-state index in [2.05, 4.69) is 0 Å². The van der Waals surface area contributed by atoms with Crippen LogP contribution in [0.25, 0.3) is 6.08 Å². The quantitative estimate of drug-likeness (QED) is 0.216. The Hall–Kier alpha value is -1.68. The third-order valence-corrected chi connectivity index (χ3v) is 4.42. The van der Waals surface area contributed by atoms with Crippen molar-refractivity contribution in [3.63, 3.8) is 0 Å². The molecule has 0 heterocycles. The van der Waals surface area contributed by atoms with Crippen molar-refractivity contribution in [3.05, 3.63) is 68.2 Å². The van der Waals surface area contributed by atoms with Crippen molar-refractivity contribution in [2.75, 3.05) is 13.7 Å². The third kappa shape index (κ3) is 6.91. The van der Waals surface area contributed by atoms with Crippen LogP contribution in [-0.2, 0) is 9.53 Å². The average molecular weight is 416 g/mol. The van der Waals surface area contributed by atoms with Crippen LogP contribution in [0, 0.1) is 0 Å². The molecular weight excluding hydrogens is 395 g/mol. The first kappa shape index (κ1) is 22.4. The highest BCUT2D eigenvalue weighted by atomic mass is 35.5. The first-order valence-electron chi connectivity index (χ1n) is 7.89. The number of halogens is 3. The van der Waals surface area contributed by atoms with Crippen LogP contribution in [-0.4, -0.2) is 19.7 Å². The molecule has 1 rings (SSSR count). The monoisotopic (exact) mass is 414 g/mol. The summed E-state index contributed by atoms with van der Waals surface area (Å²) in [5.41, 5.74) is 2.38. The topological polar surface area (TPSA) is 35.5 Å². The van der Waals surface area contributed by atoms with Gasteiger partial charge in [0.05, 0.1) is 23.8 Å². The van der Waals surface area contributed by atoms with Crippen molar-refractivity contribution in [2.24, 2.45) is 0 Å². The lowest BCUT2D eigenvalue weighted by atomic mass is 10.1. The number of hydrogen-bond acceptors (Lipinski definition) is 3. The molecule has 1 aromatic rings. The maximum absolute atomic E-state index is 11.3. The van der Waals surface area contributed by atoms with E-state index in [1.807, 2.05) is 38.2 Å². The van der Waals surface area contributed by atoms with Crippen molar-refractivity contribution in [2.45, 2.75) is 20.8 Å². The normalized spacial score (nSPS) is 12.9. The predicted molar refractivity (Wildman–Crippen MR) is 110 cm³/mol. The summed E-state index contributed by atoms with van der Waals surface area (Å²) in [5.74, 6) is 0.0776. The molecule has 0 aliphatic heterocycles. The van der Waals surface area contributed by atoms with Crippen molar-refractivity contribution in [1.29, 1.82) is 0 Å². The fourth-order valence-electron chi connectivity index (χ4n) is 1.93. The third-order valence-electron chi connectivity index (χ3n) is 3.24. The van der Waals surface area contributed by atoms with Gasteiger partial charge in [-0.2, -0.15) is 0 Å². The number of methoxy groups -OCH3 is 1. The molecule has 6 heteroatoms. The minimum atomic E-state index is -0.351. The van der Waals surface area contributed by atoms with Gasteiger partial charge in [-0.05, 0) is 26.3 Å². The number of hydrogen-bond donors (Lipinski definition) is 0. The standard InChI is InChI=1S/C20H21Cl3O3/c1-5-26-18(24)11-14(3)8-6-7-13(2)9-10-15-16(21)12-17(25-4)20(23)19(15)22/h6-12H,5H2,1-4H3/b8-6+,10-9+,13-7+,14-11+. The van der Waals surface area contributed by atoms with Crippen LogP contribution in [0.4, 0.5) is 0 Å². The van der Waals surface area contributed by atoms with E-state index in [4.69, 9.17) is 44.3 Å². The number of rotatable bonds is 7. The molecule has 0 fully saturated rings. The molecule has 0 atom stereocenters. The summed E-state index contributed by atoms with van der Waals surface area (Å²) in [6, 6.07) is 1.62. The van der Waals surface area contributed by atoms with Gasteiger partial charge in [0, 0.05) is 17.7 Å². The number of allylic oxidation sites excluding steroid dienone is 6. The first-order chi connectivity index (χ1) is 12.3. The molecule has 0 spiro atoms. The lowest BCUT2D eigenvalue weighted by Gasteiger charge is -2.09. The molecule has 0 N–H and O–H groups in total. The Kier molecular flexibility index (Phi) is 9.57. The maximum Gasteiger partial charge on any atom is 0.330 e. The summed E-state index contributed by atoms with van der Waals surface area (Å²) in [7, 11) is 1.50. The molecule has 0 saturated heterocycles. The molecule has 140 valence electrons. The highest BCUT2D eigenvalue weighted by Gasteiger charge is 2.13. The van der Waals surface area contributed by atoms with E-state index in [0.29, 0.717) is 33.0 Å². The zero-order valence-electron chi connectivity index (χ0n) is 15.1. The zero-order valence-corrected chi connectivity index (χ0v) is 17.4. The smallest absolute Gasteiger partial charge is 0.330 e. The molecule has 0 saturated carbocycles. The predicted octanol–water partition coefficient (Wildman–Crippen LogP) is 6.68. The van der Waals surface area contributed by atoms with E-state index in [1.54, 1.807) is 19.1 Å². The Morgan fingerprint density at radius 3 is 2.42 bits per heavy atom. The van der Waals surface area contributed by atoms with Gasteiger partial charge in [-0.1, -0.05) is 70.8 Å². The second-order valence-electron chi connectivity index (χ2n) is 5.35. The Bertz CT molecular complexity index is 775. The minimum Gasteiger partial charge on any atom is -0.495 e. The van der Waals surface area contributed by atoms with E-state index in [0.717, 1.165) is 11.1 Å². The van der Waals surface area contributed by atoms with Gasteiger partial charge in [0.2, 0.25) is 0 Å². The maximum atomic E-state index is 11.3. The van der Waals surface area contributed by atoms with Gasteiger partial charge in [0.15, 0.2) is 0 Å². The summed E-state index contributed by atoms with van der Waals surface area (Å²) in [6.45, 7) is 5.88. The lowest BCUT2D eigenvalue weighted by molar-refractivity contribution is -0.137. The van der Waals surface area contributed by atoms with Gasteiger partial charge < -0.3 is 9.47 Å². The Morgan fingerprint density at radius 1 is 1.12 bits per heavy atom. The van der Waals surface area contributed by atoms with Gasteiger partial charge in [-0.3, -0.25) is 0 Å². The molecule has 0 bridgehead atoms. The van der Waals surface area contributed by atoms with Crippen LogP contribution < -0.4 is 4.74 Å². The number of carbonyl (C=O) groups excluding carboxylic acids is 1. The number of ether oxygens (including phenoxy) is 2. The number of esters is 1. The van der Waals surface area contributed by atoms with E-state index in [9.17, 15) is 4.79 Å². The van der Waals surface area contributed by atoms with Crippen molar-refractivity contribution in [3.8, 4) is 5.75 Å². The van der Waals surface area contributed by atoms with E-state index < -0.39 is 0 Å². The second-order valence-corrected chi connectivity index (χ2v) is 6.51. The number of carbonyl (C=O) groups is 1.